The lowest BCUT2D eigenvalue weighted by molar-refractivity contribution is -0.121. The van der Waals surface area contributed by atoms with Gasteiger partial charge in [0, 0.05) is 6.54 Å². The number of carbonyl (C=O) groups excluding carboxylic acids is 1. The van der Waals surface area contributed by atoms with Gasteiger partial charge in [-0.1, -0.05) is 12.1 Å². The quantitative estimate of drug-likeness (QED) is 0.640. The van der Waals surface area contributed by atoms with Gasteiger partial charge in [-0.25, -0.2) is 17.6 Å². The van der Waals surface area contributed by atoms with Gasteiger partial charge in [-0.2, -0.15) is 10.1 Å². The Morgan fingerprint density at radius 2 is 1.97 bits per heavy atom. The number of sulfone groups is 1. The number of fused-ring (bicyclic) bond motifs is 1. The molecule has 152 valence electrons. The minimum absolute atomic E-state index is 0.0128. The number of nitrogens with zero attached hydrogens (tertiary/aromatic N) is 4. The summed E-state index contributed by atoms with van der Waals surface area (Å²) in [4.78, 5) is 28.3. The molecule has 2 aromatic heterocycles. The maximum absolute atomic E-state index is 12.9. The molecule has 1 N–H and O–H groups in total. The predicted molar refractivity (Wildman–Crippen MR) is 102 cm³/mol. The summed E-state index contributed by atoms with van der Waals surface area (Å²) in [6.07, 6.45) is 3.23. The van der Waals surface area contributed by atoms with Crippen LogP contribution in [-0.4, -0.2) is 45.2 Å². The molecular weight excluding hydrogens is 401 g/mol. The second-order valence-corrected chi connectivity index (χ2v) is 9.18. The Morgan fingerprint density at radius 1 is 1.21 bits per heavy atom. The van der Waals surface area contributed by atoms with E-state index in [1.807, 2.05) is 0 Å². The average molecular weight is 419 g/mol. The van der Waals surface area contributed by atoms with E-state index in [0.29, 0.717) is 17.5 Å². The van der Waals surface area contributed by atoms with Crippen LogP contribution < -0.4 is 11.0 Å². The molecule has 0 radical (unpaired) electrons. The Hall–Kier alpha value is -3.08. The van der Waals surface area contributed by atoms with E-state index in [0.717, 1.165) is 5.56 Å². The highest BCUT2D eigenvalue weighted by Gasteiger charge is 2.31. The Morgan fingerprint density at radius 3 is 2.66 bits per heavy atom. The van der Waals surface area contributed by atoms with E-state index in [9.17, 15) is 22.4 Å². The maximum atomic E-state index is 12.9. The van der Waals surface area contributed by atoms with Crippen LogP contribution in [-0.2, 0) is 27.7 Å². The topological polar surface area (TPSA) is 116 Å². The standard InChI is InChI=1S/C18H18FN5O4S/c19-13-3-1-12(2-4-13)7-20-17(25)10-23-15-9-22-24(16(15)8-21-18(23)26)14-5-6-29(27,28)11-14/h1-4,8-9,14H,5-7,10-11H2,(H,20,25). The van der Waals surface area contributed by atoms with Gasteiger partial charge in [0.1, 0.15) is 17.9 Å². The number of aromatic nitrogens is 4. The van der Waals surface area contributed by atoms with Crippen LogP contribution in [0, 0.1) is 5.82 Å². The number of nitrogens with one attached hydrogen (secondary N) is 1. The first kappa shape index (κ1) is 19.2. The van der Waals surface area contributed by atoms with Crippen molar-refractivity contribution in [2.45, 2.75) is 25.6 Å². The summed E-state index contributed by atoms with van der Waals surface area (Å²) < 4.78 is 39.2. The molecular formula is C18H18FN5O4S. The maximum Gasteiger partial charge on any atom is 0.348 e. The summed E-state index contributed by atoms with van der Waals surface area (Å²) in [5.74, 6) is -0.697. The molecule has 1 aliphatic rings. The Bertz CT molecular complexity index is 1230. The van der Waals surface area contributed by atoms with Crippen molar-refractivity contribution in [1.29, 1.82) is 0 Å². The third kappa shape index (κ3) is 4.04. The van der Waals surface area contributed by atoms with Crippen LogP contribution in [0.5, 0.6) is 0 Å². The van der Waals surface area contributed by atoms with E-state index >= 15 is 0 Å². The van der Waals surface area contributed by atoms with Crippen molar-refractivity contribution in [3.05, 3.63) is 58.5 Å². The highest BCUT2D eigenvalue weighted by molar-refractivity contribution is 7.91. The second kappa shape index (κ2) is 7.39. The van der Waals surface area contributed by atoms with E-state index < -0.39 is 21.4 Å². The number of amides is 1. The van der Waals surface area contributed by atoms with Crippen LogP contribution in [0.1, 0.15) is 18.0 Å². The lowest BCUT2D eigenvalue weighted by Gasteiger charge is -2.11. The zero-order valence-electron chi connectivity index (χ0n) is 15.3. The molecule has 4 rings (SSSR count). The number of hydrogen-bond acceptors (Lipinski definition) is 6. The Kier molecular flexibility index (Phi) is 4.91. The summed E-state index contributed by atoms with van der Waals surface area (Å²) in [7, 11) is -3.10. The van der Waals surface area contributed by atoms with Gasteiger partial charge in [-0.3, -0.25) is 14.0 Å². The van der Waals surface area contributed by atoms with Crippen LogP contribution in [0.3, 0.4) is 0 Å². The van der Waals surface area contributed by atoms with E-state index in [1.54, 1.807) is 16.8 Å². The lowest BCUT2D eigenvalue weighted by Crippen LogP contribution is -2.33. The molecule has 1 unspecified atom stereocenters. The fourth-order valence-electron chi connectivity index (χ4n) is 3.40. The van der Waals surface area contributed by atoms with Crippen LogP contribution in [0.25, 0.3) is 11.0 Å². The molecule has 1 atom stereocenters. The van der Waals surface area contributed by atoms with Crippen molar-refractivity contribution in [3.8, 4) is 0 Å². The Labute approximate surface area is 165 Å². The molecule has 0 saturated carbocycles. The summed E-state index contributed by atoms with van der Waals surface area (Å²) in [5, 5.41) is 6.92. The monoisotopic (exact) mass is 419 g/mol. The van der Waals surface area contributed by atoms with Gasteiger partial charge in [0.25, 0.3) is 0 Å². The largest absolute Gasteiger partial charge is 0.350 e. The van der Waals surface area contributed by atoms with E-state index in [2.05, 4.69) is 15.4 Å². The molecule has 3 aromatic rings. The number of rotatable bonds is 5. The lowest BCUT2D eigenvalue weighted by atomic mass is 10.2. The van der Waals surface area contributed by atoms with Gasteiger partial charge in [0.05, 0.1) is 35.5 Å². The highest BCUT2D eigenvalue weighted by Crippen LogP contribution is 2.26. The van der Waals surface area contributed by atoms with Gasteiger partial charge in [-0.15, -0.1) is 0 Å². The number of halogens is 1. The summed E-state index contributed by atoms with van der Waals surface area (Å²) in [5.41, 5.74) is 1.02. The predicted octanol–water partition coefficient (Wildman–Crippen LogP) is 0.408. The van der Waals surface area contributed by atoms with Crippen LogP contribution in [0.2, 0.25) is 0 Å². The van der Waals surface area contributed by atoms with Crippen LogP contribution in [0.4, 0.5) is 4.39 Å². The van der Waals surface area contributed by atoms with Crippen molar-refractivity contribution >= 4 is 26.8 Å². The fraction of sp³-hybridized carbons (Fsp3) is 0.333. The molecule has 1 aromatic carbocycles. The zero-order valence-corrected chi connectivity index (χ0v) is 16.1. The molecule has 9 nitrogen and oxygen atoms in total. The second-order valence-electron chi connectivity index (χ2n) is 6.95. The zero-order chi connectivity index (χ0) is 20.6. The number of carbonyl (C=O) groups is 1. The highest BCUT2D eigenvalue weighted by atomic mass is 32.2. The van der Waals surface area contributed by atoms with Gasteiger partial charge in [0.2, 0.25) is 5.91 Å². The van der Waals surface area contributed by atoms with Crippen molar-refractivity contribution in [2.75, 3.05) is 11.5 Å². The SMILES string of the molecule is O=C(Cn1c(=O)ncc2c1cnn2C1CCS(=O)(=O)C1)NCc1ccc(F)cc1. The van der Waals surface area contributed by atoms with Crippen molar-refractivity contribution in [2.24, 2.45) is 0 Å². The fourth-order valence-corrected chi connectivity index (χ4v) is 5.09. The van der Waals surface area contributed by atoms with E-state index in [1.165, 1.54) is 29.1 Å². The van der Waals surface area contributed by atoms with Crippen LogP contribution >= 0.6 is 0 Å². The molecule has 29 heavy (non-hydrogen) atoms. The van der Waals surface area contributed by atoms with Crippen LogP contribution in [0.15, 0.2) is 41.5 Å². The van der Waals surface area contributed by atoms with Gasteiger partial charge >= 0.3 is 5.69 Å². The molecule has 1 fully saturated rings. The first-order valence-corrected chi connectivity index (χ1v) is 10.8. The van der Waals surface area contributed by atoms with Crippen molar-refractivity contribution < 1.29 is 17.6 Å². The third-order valence-electron chi connectivity index (χ3n) is 4.89. The summed E-state index contributed by atoms with van der Waals surface area (Å²) >= 11 is 0. The third-order valence-corrected chi connectivity index (χ3v) is 6.64. The molecule has 0 aliphatic carbocycles. The first-order chi connectivity index (χ1) is 13.8. The molecule has 0 spiro atoms. The van der Waals surface area contributed by atoms with Gasteiger partial charge < -0.3 is 5.32 Å². The molecule has 3 heterocycles. The van der Waals surface area contributed by atoms with Crippen molar-refractivity contribution in [3.63, 3.8) is 0 Å². The molecule has 1 saturated heterocycles. The molecule has 1 aliphatic heterocycles. The number of hydrogen-bond donors (Lipinski definition) is 1. The van der Waals surface area contributed by atoms with E-state index in [-0.39, 0.29) is 36.5 Å². The van der Waals surface area contributed by atoms with E-state index in [4.69, 9.17) is 0 Å². The molecule has 1 amide bonds. The molecule has 11 heteroatoms. The first-order valence-electron chi connectivity index (χ1n) is 8.97. The number of benzene rings is 1. The molecule has 0 bridgehead atoms. The summed E-state index contributed by atoms with van der Waals surface area (Å²) in [6, 6.07) is 5.40. The normalized spacial score (nSPS) is 18.2. The minimum Gasteiger partial charge on any atom is -0.350 e. The van der Waals surface area contributed by atoms with Gasteiger partial charge in [0.15, 0.2) is 9.84 Å². The average Bonchev–Trinajstić information content (AvgIpc) is 3.26. The Balaban J connectivity index is 1.54. The van der Waals surface area contributed by atoms with Crippen molar-refractivity contribution in [1.82, 2.24) is 24.6 Å². The minimum atomic E-state index is -3.10. The smallest absolute Gasteiger partial charge is 0.348 e. The van der Waals surface area contributed by atoms with Gasteiger partial charge in [-0.05, 0) is 24.1 Å². The summed E-state index contributed by atoms with van der Waals surface area (Å²) in [6.45, 7) is -0.0739.